The topological polar surface area (TPSA) is 29.0 Å². The monoisotopic (exact) mass is 317 g/mol. The van der Waals surface area contributed by atoms with E-state index >= 15 is 0 Å². The van der Waals surface area contributed by atoms with E-state index in [-0.39, 0.29) is 9.52 Å². The van der Waals surface area contributed by atoms with Gasteiger partial charge < -0.3 is 4.90 Å². The lowest BCUT2D eigenvalue weighted by Crippen LogP contribution is -2.16. The van der Waals surface area contributed by atoms with Gasteiger partial charge in [0.25, 0.3) is 0 Å². The minimum atomic E-state index is -4.38. The summed E-state index contributed by atoms with van der Waals surface area (Å²) in [5.74, 6) is 0.192. The minimum Gasteiger partial charge on any atom is -0.361 e. The van der Waals surface area contributed by atoms with Gasteiger partial charge in [-0.2, -0.15) is 13.2 Å². The Morgan fingerprint density at radius 2 is 1.86 bits per heavy atom. The zero-order valence-corrected chi connectivity index (χ0v) is 9.59. The number of rotatable bonds is 1. The summed E-state index contributed by atoms with van der Waals surface area (Å²) >= 11 is 1.51. The summed E-state index contributed by atoms with van der Waals surface area (Å²) in [6.07, 6.45) is -4.38. The molecule has 0 bridgehead atoms. The SMILES string of the molecule is CN(C)c1cc(C(F)(F)F)c(I)nn1. The Kier molecular flexibility index (Phi) is 3.17. The van der Waals surface area contributed by atoms with Crippen LogP contribution < -0.4 is 4.90 Å². The first-order valence-corrected chi connectivity index (χ1v) is 4.68. The molecule has 0 saturated heterocycles. The van der Waals surface area contributed by atoms with E-state index in [1.165, 1.54) is 27.5 Å². The van der Waals surface area contributed by atoms with Crippen molar-refractivity contribution in [3.05, 3.63) is 15.3 Å². The number of nitrogens with zero attached hydrogens (tertiary/aromatic N) is 3. The van der Waals surface area contributed by atoms with Gasteiger partial charge in [-0.25, -0.2) is 0 Å². The van der Waals surface area contributed by atoms with Crippen molar-refractivity contribution < 1.29 is 13.2 Å². The van der Waals surface area contributed by atoms with Crippen molar-refractivity contribution in [3.8, 4) is 0 Å². The Morgan fingerprint density at radius 1 is 1.29 bits per heavy atom. The molecule has 0 amide bonds. The van der Waals surface area contributed by atoms with E-state index in [1.54, 1.807) is 14.1 Å². The molecule has 78 valence electrons. The van der Waals surface area contributed by atoms with Crippen molar-refractivity contribution in [2.24, 2.45) is 0 Å². The lowest BCUT2D eigenvalue weighted by Gasteiger charge is -2.13. The Morgan fingerprint density at radius 3 is 2.29 bits per heavy atom. The van der Waals surface area contributed by atoms with E-state index < -0.39 is 11.7 Å². The summed E-state index contributed by atoms with van der Waals surface area (Å²) in [6.45, 7) is 0. The highest BCUT2D eigenvalue weighted by Gasteiger charge is 2.34. The summed E-state index contributed by atoms with van der Waals surface area (Å²) in [5.41, 5.74) is -0.753. The predicted molar refractivity (Wildman–Crippen MR) is 54.1 cm³/mol. The number of hydrogen-bond acceptors (Lipinski definition) is 3. The molecule has 1 aromatic heterocycles. The second-order valence-corrected chi connectivity index (χ2v) is 3.82. The summed E-state index contributed by atoms with van der Waals surface area (Å²) < 4.78 is 37.1. The first kappa shape index (κ1) is 11.5. The Bertz CT molecular complexity index is 337. The Balaban J connectivity index is 3.22. The Hall–Kier alpha value is -0.600. The Labute approximate surface area is 92.5 Å². The molecular weight excluding hydrogens is 310 g/mol. The van der Waals surface area contributed by atoms with Crippen LogP contribution in [-0.2, 0) is 6.18 Å². The number of alkyl halides is 3. The van der Waals surface area contributed by atoms with Crippen LogP contribution >= 0.6 is 22.6 Å². The van der Waals surface area contributed by atoms with E-state index in [0.29, 0.717) is 0 Å². The van der Waals surface area contributed by atoms with Crippen molar-refractivity contribution in [2.75, 3.05) is 19.0 Å². The van der Waals surface area contributed by atoms with Crippen molar-refractivity contribution in [1.82, 2.24) is 10.2 Å². The zero-order valence-electron chi connectivity index (χ0n) is 7.43. The maximum atomic E-state index is 12.4. The molecule has 1 aromatic rings. The van der Waals surface area contributed by atoms with Crippen molar-refractivity contribution in [2.45, 2.75) is 6.18 Å². The van der Waals surface area contributed by atoms with E-state index in [4.69, 9.17) is 0 Å². The lowest BCUT2D eigenvalue weighted by molar-refractivity contribution is -0.138. The molecule has 0 fully saturated rings. The molecule has 0 spiro atoms. The zero-order chi connectivity index (χ0) is 10.9. The van der Waals surface area contributed by atoms with Crippen molar-refractivity contribution in [3.63, 3.8) is 0 Å². The molecule has 3 nitrogen and oxygen atoms in total. The molecule has 0 radical (unpaired) electrons. The van der Waals surface area contributed by atoms with Gasteiger partial charge in [-0.15, -0.1) is 10.2 Å². The van der Waals surface area contributed by atoms with E-state index in [1.807, 2.05) is 0 Å². The molecule has 0 N–H and O–H groups in total. The molecule has 0 aliphatic heterocycles. The second kappa shape index (κ2) is 3.87. The van der Waals surface area contributed by atoms with Gasteiger partial charge in [0.1, 0.15) is 3.70 Å². The fourth-order valence-electron chi connectivity index (χ4n) is 0.784. The molecule has 1 heterocycles. The van der Waals surface area contributed by atoms with E-state index in [2.05, 4.69) is 10.2 Å². The first-order chi connectivity index (χ1) is 6.32. The minimum absolute atomic E-state index is 0.138. The molecule has 0 unspecified atom stereocenters. The fourth-order valence-corrected chi connectivity index (χ4v) is 1.35. The largest absolute Gasteiger partial charge is 0.419 e. The number of halogens is 4. The van der Waals surface area contributed by atoms with Gasteiger partial charge in [0.2, 0.25) is 0 Å². The highest BCUT2D eigenvalue weighted by atomic mass is 127. The molecule has 0 aliphatic carbocycles. The van der Waals surface area contributed by atoms with Crippen LogP contribution in [-0.4, -0.2) is 24.3 Å². The van der Waals surface area contributed by atoms with Crippen LogP contribution in [0.15, 0.2) is 6.07 Å². The van der Waals surface area contributed by atoms with Gasteiger partial charge in [-0.3, -0.25) is 0 Å². The number of hydrogen-bond donors (Lipinski definition) is 0. The first-order valence-electron chi connectivity index (χ1n) is 3.60. The van der Waals surface area contributed by atoms with Crippen molar-refractivity contribution in [1.29, 1.82) is 0 Å². The molecule has 0 aromatic carbocycles. The van der Waals surface area contributed by atoms with Crippen LogP contribution in [0, 0.1) is 3.70 Å². The van der Waals surface area contributed by atoms with Gasteiger partial charge in [0.15, 0.2) is 5.82 Å². The molecule has 0 aliphatic rings. The second-order valence-electron chi connectivity index (χ2n) is 2.80. The summed E-state index contributed by atoms with van der Waals surface area (Å²) in [5, 5.41) is 7.06. The average molecular weight is 317 g/mol. The molecule has 1 rings (SSSR count). The van der Waals surface area contributed by atoms with Gasteiger partial charge in [-0.05, 0) is 28.7 Å². The van der Waals surface area contributed by atoms with Gasteiger partial charge >= 0.3 is 6.18 Å². The maximum Gasteiger partial charge on any atom is 0.419 e. The number of aromatic nitrogens is 2. The van der Waals surface area contributed by atoms with Crippen LogP contribution in [0.2, 0.25) is 0 Å². The average Bonchev–Trinajstić information content (AvgIpc) is 2.02. The molecule has 0 atom stereocenters. The van der Waals surface area contributed by atoms with Crippen LogP contribution in [0.25, 0.3) is 0 Å². The predicted octanol–water partition coefficient (Wildman–Crippen LogP) is 2.17. The van der Waals surface area contributed by atoms with Crippen molar-refractivity contribution >= 4 is 28.4 Å². The van der Waals surface area contributed by atoms with E-state index in [0.717, 1.165) is 6.07 Å². The smallest absolute Gasteiger partial charge is 0.361 e. The summed E-state index contributed by atoms with van der Waals surface area (Å²) in [7, 11) is 3.22. The van der Waals surface area contributed by atoms with Crippen LogP contribution in [0.4, 0.5) is 19.0 Å². The third-order valence-corrected chi connectivity index (χ3v) is 2.30. The highest BCUT2D eigenvalue weighted by Crippen LogP contribution is 2.32. The van der Waals surface area contributed by atoms with Gasteiger partial charge in [-0.1, -0.05) is 0 Å². The standard InChI is InChI=1S/C7H7F3IN3/c1-14(2)5-3-4(7(8,9)10)6(11)13-12-5/h3H,1-2H3. The normalized spacial score (nSPS) is 11.6. The summed E-state index contributed by atoms with van der Waals surface area (Å²) in [4.78, 5) is 1.47. The van der Waals surface area contributed by atoms with Crippen LogP contribution in [0.1, 0.15) is 5.56 Å². The van der Waals surface area contributed by atoms with Crippen LogP contribution in [0.5, 0.6) is 0 Å². The van der Waals surface area contributed by atoms with Crippen LogP contribution in [0.3, 0.4) is 0 Å². The third-order valence-electron chi connectivity index (χ3n) is 1.50. The third kappa shape index (κ3) is 2.46. The summed E-state index contributed by atoms with van der Waals surface area (Å²) in [6, 6.07) is 0.981. The highest BCUT2D eigenvalue weighted by molar-refractivity contribution is 14.1. The van der Waals surface area contributed by atoms with Gasteiger partial charge in [0, 0.05) is 14.1 Å². The molecule has 0 saturated carbocycles. The van der Waals surface area contributed by atoms with Gasteiger partial charge in [0.05, 0.1) is 5.56 Å². The quantitative estimate of drug-likeness (QED) is 0.744. The number of anilines is 1. The fraction of sp³-hybridized carbons (Fsp3) is 0.429. The lowest BCUT2D eigenvalue weighted by atomic mass is 10.3. The molecule has 14 heavy (non-hydrogen) atoms. The molecule has 7 heteroatoms. The van der Waals surface area contributed by atoms with E-state index in [9.17, 15) is 13.2 Å². The maximum absolute atomic E-state index is 12.4. The molecular formula is C7H7F3IN3.